The van der Waals surface area contributed by atoms with Gasteiger partial charge in [0, 0.05) is 9.35 Å². The highest BCUT2D eigenvalue weighted by Crippen LogP contribution is 2.33. The lowest BCUT2D eigenvalue weighted by molar-refractivity contribution is 0.486. The van der Waals surface area contributed by atoms with E-state index in [9.17, 15) is 0 Å². The lowest BCUT2D eigenvalue weighted by Crippen LogP contribution is -2.35. The van der Waals surface area contributed by atoms with E-state index in [0.29, 0.717) is 0 Å². The molecule has 1 aromatic carbocycles. The number of aryl methyl sites for hydroxylation is 2. The highest BCUT2D eigenvalue weighted by atomic mass is 79.9. The van der Waals surface area contributed by atoms with Crippen molar-refractivity contribution in [2.75, 3.05) is 0 Å². The van der Waals surface area contributed by atoms with E-state index >= 15 is 0 Å². The Balaban J connectivity index is 1.83. The molecule has 1 aliphatic carbocycles. The summed E-state index contributed by atoms with van der Waals surface area (Å²) < 4.78 is 1.10. The van der Waals surface area contributed by atoms with Crippen molar-refractivity contribution >= 4 is 27.3 Å². The zero-order valence-corrected chi connectivity index (χ0v) is 14.1. The first kappa shape index (κ1) is 14.2. The van der Waals surface area contributed by atoms with Crippen LogP contribution in [0.1, 0.15) is 40.9 Å². The third kappa shape index (κ3) is 2.97. The summed E-state index contributed by atoms with van der Waals surface area (Å²) in [5.74, 6) is 0. The minimum Gasteiger partial charge on any atom is -0.319 e. The summed E-state index contributed by atoms with van der Waals surface area (Å²) in [6.45, 7) is 2.10. The van der Waals surface area contributed by atoms with Gasteiger partial charge in [-0.05, 0) is 56.7 Å². The fraction of sp³-hybridized carbons (Fsp3) is 0.438. The molecule has 2 N–H and O–H groups in total. The van der Waals surface area contributed by atoms with Crippen LogP contribution in [0.5, 0.6) is 0 Å². The molecule has 1 atom stereocenters. The summed E-state index contributed by atoms with van der Waals surface area (Å²) in [5, 5.41) is 1.09. The minimum absolute atomic E-state index is 0.379. The second-order valence-electron chi connectivity index (χ2n) is 5.82. The summed E-state index contributed by atoms with van der Waals surface area (Å²) in [4.78, 5) is 6.28. The first-order valence-electron chi connectivity index (χ1n) is 7.07. The second kappa shape index (κ2) is 5.58. The molecule has 2 nitrogen and oxygen atoms in total. The van der Waals surface area contributed by atoms with Crippen LogP contribution in [0.2, 0.25) is 0 Å². The van der Waals surface area contributed by atoms with Gasteiger partial charge in [0.2, 0.25) is 0 Å². The van der Waals surface area contributed by atoms with Gasteiger partial charge in [0.1, 0.15) is 5.01 Å². The quantitative estimate of drug-likeness (QED) is 0.900. The number of rotatable bonds is 3. The van der Waals surface area contributed by atoms with Crippen LogP contribution in [0.15, 0.2) is 28.7 Å². The van der Waals surface area contributed by atoms with Crippen molar-refractivity contribution in [1.82, 2.24) is 4.98 Å². The van der Waals surface area contributed by atoms with Crippen LogP contribution < -0.4 is 5.73 Å². The molecule has 0 saturated heterocycles. The molecule has 2 aromatic rings. The molecule has 1 heterocycles. The van der Waals surface area contributed by atoms with Crippen LogP contribution in [0.25, 0.3) is 0 Å². The van der Waals surface area contributed by atoms with Crippen molar-refractivity contribution in [3.8, 4) is 0 Å². The van der Waals surface area contributed by atoms with E-state index in [-0.39, 0.29) is 5.54 Å². The lowest BCUT2D eigenvalue weighted by Gasteiger charge is -2.22. The van der Waals surface area contributed by atoms with Crippen LogP contribution in [0.4, 0.5) is 0 Å². The van der Waals surface area contributed by atoms with Crippen LogP contribution in [0.3, 0.4) is 0 Å². The van der Waals surface area contributed by atoms with Crippen LogP contribution in [-0.2, 0) is 24.8 Å². The lowest BCUT2D eigenvalue weighted by atomic mass is 9.94. The average molecular weight is 351 g/mol. The van der Waals surface area contributed by atoms with E-state index in [1.165, 1.54) is 35.4 Å². The summed E-state index contributed by atoms with van der Waals surface area (Å²) in [5.41, 5.74) is 8.73. The van der Waals surface area contributed by atoms with Gasteiger partial charge < -0.3 is 5.73 Å². The Morgan fingerprint density at radius 2 is 1.95 bits per heavy atom. The minimum atomic E-state index is -0.379. The molecule has 1 aromatic heterocycles. The molecule has 0 fully saturated rings. The van der Waals surface area contributed by atoms with Gasteiger partial charge in [0.05, 0.1) is 11.2 Å². The van der Waals surface area contributed by atoms with Crippen molar-refractivity contribution in [1.29, 1.82) is 0 Å². The Kier molecular flexibility index (Phi) is 3.98. The first-order chi connectivity index (χ1) is 9.54. The Bertz CT molecular complexity index is 578. The van der Waals surface area contributed by atoms with Gasteiger partial charge in [0.25, 0.3) is 0 Å². The first-order valence-corrected chi connectivity index (χ1v) is 8.68. The van der Waals surface area contributed by atoms with E-state index in [2.05, 4.69) is 47.1 Å². The molecule has 106 valence electrons. The number of hydrogen-bond donors (Lipinski definition) is 1. The molecular weight excluding hydrogens is 332 g/mol. The maximum Gasteiger partial charge on any atom is 0.113 e. The molecular formula is C16H19BrN2S. The largest absolute Gasteiger partial charge is 0.319 e. The topological polar surface area (TPSA) is 38.9 Å². The van der Waals surface area contributed by atoms with Gasteiger partial charge in [-0.15, -0.1) is 11.3 Å². The zero-order chi connectivity index (χ0) is 14.2. The van der Waals surface area contributed by atoms with E-state index in [1.807, 2.05) is 11.3 Å². The molecule has 0 bridgehead atoms. The fourth-order valence-corrected chi connectivity index (χ4v) is 4.17. The summed E-state index contributed by atoms with van der Waals surface area (Å²) >= 11 is 5.29. The predicted molar refractivity (Wildman–Crippen MR) is 88.1 cm³/mol. The van der Waals surface area contributed by atoms with Crippen molar-refractivity contribution in [2.45, 2.75) is 44.6 Å². The molecule has 0 spiro atoms. The van der Waals surface area contributed by atoms with Gasteiger partial charge in [0.15, 0.2) is 0 Å². The Hall–Kier alpha value is -0.710. The molecule has 0 radical (unpaired) electrons. The van der Waals surface area contributed by atoms with E-state index in [4.69, 9.17) is 10.7 Å². The normalized spacial score (nSPS) is 17.6. The molecule has 3 rings (SSSR count). The highest BCUT2D eigenvalue weighted by Gasteiger charge is 2.28. The molecule has 0 amide bonds. The Labute approximate surface area is 132 Å². The van der Waals surface area contributed by atoms with Gasteiger partial charge in [-0.3, -0.25) is 0 Å². The maximum absolute atomic E-state index is 6.56. The SMILES string of the molecule is CC(N)(Cc1ccc(Br)cc1)c1nc2c(s1)CCCC2. The number of hydrogen-bond acceptors (Lipinski definition) is 3. The predicted octanol–water partition coefficient (Wildman–Crippen LogP) is 4.20. The van der Waals surface area contributed by atoms with Gasteiger partial charge >= 0.3 is 0 Å². The summed E-state index contributed by atoms with van der Waals surface area (Å²) in [6, 6.07) is 8.39. The van der Waals surface area contributed by atoms with Gasteiger partial charge in [-0.1, -0.05) is 28.1 Å². The zero-order valence-electron chi connectivity index (χ0n) is 11.7. The van der Waals surface area contributed by atoms with Crippen LogP contribution >= 0.6 is 27.3 Å². The molecule has 1 aliphatic rings. The Morgan fingerprint density at radius 1 is 1.25 bits per heavy atom. The molecule has 0 saturated carbocycles. The molecule has 20 heavy (non-hydrogen) atoms. The highest BCUT2D eigenvalue weighted by molar-refractivity contribution is 9.10. The summed E-state index contributed by atoms with van der Waals surface area (Å²) in [7, 11) is 0. The molecule has 1 unspecified atom stereocenters. The number of thiazole rings is 1. The third-order valence-corrected chi connectivity index (χ3v) is 5.78. The standard InChI is InChI=1S/C16H19BrN2S/c1-16(18,10-11-6-8-12(17)9-7-11)15-19-13-4-2-3-5-14(13)20-15/h6-9H,2-5,10,18H2,1H3. The number of benzene rings is 1. The number of aromatic nitrogens is 1. The number of nitrogens with zero attached hydrogens (tertiary/aromatic N) is 1. The van der Waals surface area contributed by atoms with Crippen molar-refractivity contribution in [3.05, 3.63) is 49.9 Å². The number of fused-ring (bicyclic) bond motifs is 1. The molecule has 0 aliphatic heterocycles. The van der Waals surface area contributed by atoms with E-state index < -0.39 is 0 Å². The fourth-order valence-electron chi connectivity index (χ4n) is 2.70. The number of nitrogens with two attached hydrogens (primary N) is 1. The van der Waals surface area contributed by atoms with Crippen molar-refractivity contribution in [3.63, 3.8) is 0 Å². The summed E-state index contributed by atoms with van der Waals surface area (Å²) in [6.07, 6.45) is 5.70. The Morgan fingerprint density at radius 3 is 2.65 bits per heavy atom. The monoisotopic (exact) mass is 350 g/mol. The van der Waals surface area contributed by atoms with Crippen molar-refractivity contribution < 1.29 is 0 Å². The van der Waals surface area contributed by atoms with E-state index in [1.54, 1.807) is 0 Å². The van der Waals surface area contributed by atoms with Crippen molar-refractivity contribution in [2.24, 2.45) is 5.73 Å². The number of halogens is 1. The van der Waals surface area contributed by atoms with Gasteiger partial charge in [-0.25, -0.2) is 4.98 Å². The van der Waals surface area contributed by atoms with Crippen LogP contribution in [-0.4, -0.2) is 4.98 Å². The smallest absolute Gasteiger partial charge is 0.113 e. The average Bonchev–Trinajstić information content (AvgIpc) is 2.86. The molecule has 4 heteroatoms. The van der Waals surface area contributed by atoms with Crippen LogP contribution in [0, 0.1) is 0 Å². The van der Waals surface area contributed by atoms with Gasteiger partial charge in [-0.2, -0.15) is 0 Å². The third-order valence-electron chi connectivity index (χ3n) is 3.82. The van der Waals surface area contributed by atoms with E-state index in [0.717, 1.165) is 22.3 Å². The maximum atomic E-state index is 6.56. The second-order valence-corrected chi connectivity index (χ2v) is 7.82.